The van der Waals surface area contributed by atoms with Crippen LogP contribution in [0.3, 0.4) is 0 Å². The van der Waals surface area contributed by atoms with Gasteiger partial charge in [0.15, 0.2) is 11.5 Å². The molecule has 110 valence electrons. The summed E-state index contributed by atoms with van der Waals surface area (Å²) in [6.07, 6.45) is 0. The third kappa shape index (κ3) is 3.49. The normalized spacial score (nSPS) is 14.8. The van der Waals surface area contributed by atoms with Gasteiger partial charge in [-0.05, 0) is 42.3 Å². The van der Waals surface area contributed by atoms with Gasteiger partial charge >= 0.3 is 0 Å². The van der Waals surface area contributed by atoms with E-state index in [0.717, 1.165) is 23.1 Å². The molecule has 2 aromatic carbocycles. The first-order valence-electron chi connectivity index (χ1n) is 7.10. The Balaban J connectivity index is 1.64. The van der Waals surface area contributed by atoms with Crippen molar-refractivity contribution < 1.29 is 9.47 Å². The molecule has 0 fully saturated rings. The summed E-state index contributed by atoms with van der Waals surface area (Å²) in [5.74, 6) is 1.66. The molecule has 0 saturated heterocycles. The molecule has 0 aliphatic carbocycles. The lowest BCUT2D eigenvalue weighted by Gasteiger charge is -2.20. The predicted octanol–water partition coefficient (Wildman–Crippen LogP) is 3.96. The van der Waals surface area contributed by atoms with Crippen molar-refractivity contribution in [3.05, 3.63) is 58.6 Å². The van der Waals surface area contributed by atoms with Crippen molar-refractivity contribution in [2.45, 2.75) is 19.5 Å². The van der Waals surface area contributed by atoms with Crippen molar-refractivity contribution in [1.29, 1.82) is 0 Å². The van der Waals surface area contributed by atoms with E-state index < -0.39 is 0 Å². The summed E-state index contributed by atoms with van der Waals surface area (Å²) in [5.41, 5.74) is 2.35. The highest BCUT2D eigenvalue weighted by Gasteiger charge is 2.12. The lowest BCUT2D eigenvalue weighted by atomic mass is 10.1. The lowest BCUT2D eigenvalue weighted by molar-refractivity contribution is 0.171. The second kappa shape index (κ2) is 6.37. The van der Waals surface area contributed by atoms with Crippen molar-refractivity contribution >= 4 is 11.6 Å². The number of halogens is 1. The van der Waals surface area contributed by atoms with Gasteiger partial charge in [-0.3, -0.25) is 0 Å². The zero-order chi connectivity index (χ0) is 14.7. The molecule has 1 heterocycles. The zero-order valence-electron chi connectivity index (χ0n) is 11.9. The van der Waals surface area contributed by atoms with Gasteiger partial charge in [-0.15, -0.1) is 0 Å². The number of nitrogens with one attached hydrogen (secondary N) is 1. The predicted molar refractivity (Wildman–Crippen MR) is 84.1 cm³/mol. The maximum Gasteiger partial charge on any atom is 0.161 e. The molecule has 0 saturated carbocycles. The molecule has 0 spiro atoms. The van der Waals surface area contributed by atoms with Crippen molar-refractivity contribution in [3.8, 4) is 11.5 Å². The fraction of sp³-hybridized carbons (Fsp3) is 0.294. The summed E-state index contributed by atoms with van der Waals surface area (Å²) >= 11 is 6.03. The molecule has 0 aromatic heterocycles. The first kappa shape index (κ1) is 14.2. The molecular weight excluding hydrogens is 286 g/mol. The van der Waals surface area contributed by atoms with Crippen molar-refractivity contribution in [1.82, 2.24) is 5.32 Å². The van der Waals surface area contributed by atoms with E-state index in [-0.39, 0.29) is 6.04 Å². The topological polar surface area (TPSA) is 30.5 Å². The largest absolute Gasteiger partial charge is 0.486 e. The zero-order valence-corrected chi connectivity index (χ0v) is 12.7. The molecule has 0 bridgehead atoms. The standard InChI is InChI=1S/C17H18ClNO2/c1-12(14-3-2-4-15(18)10-14)19-11-13-5-6-16-17(9-13)21-8-7-20-16/h2-6,9-10,12,19H,7-8,11H2,1H3/t12-/m0/s1. The molecule has 1 aliphatic heterocycles. The van der Waals surface area contributed by atoms with E-state index in [1.165, 1.54) is 11.1 Å². The quantitative estimate of drug-likeness (QED) is 0.927. The molecule has 3 rings (SSSR count). The summed E-state index contributed by atoms with van der Waals surface area (Å²) in [6, 6.07) is 14.2. The summed E-state index contributed by atoms with van der Waals surface area (Å²) < 4.78 is 11.1. The highest BCUT2D eigenvalue weighted by atomic mass is 35.5. The highest BCUT2D eigenvalue weighted by Crippen LogP contribution is 2.30. The molecule has 0 unspecified atom stereocenters. The summed E-state index contributed by atoms with van der Waals surface area (Å²) in [6.45, 7) is 4.13. The average molecular weight is 304 g/mol. The fourth-order valence-corrected chi connectivity index (χ4v) is 2.56. The van der Waals surface area contributed by atoms with Crippen LogP contribution in [0.4, 0.5) is 0 Å². The second-order valence-corrected chi connectivity index (χ2v) is 5.57. The smallest absolute Gasteiger partial charge is 0.161 e. The van der Waals surface area contributed by atoms with Gasteiger partial charge in [-0.25, -0.2) is 0 Å². The van der Waals surface area contributed by atoms with Crippen LogP contribution in [0.25, 0.3) is 0 Å². The summed E-state index contributed by atoms with van der Waals surface area (Å²) in [7, 11) is 0. The Morgan fingerprint density at radius 2 is 1.90 bits per heavy atom. The minimum atomic E-state index is 0.233. The van der Waals surface area contributed by atoms with E-state index in [9.17, 15) is 0 Å². The molecule has 4 heteroatoms. The van der Waals surface area contributed by atoms with Crippen molar-refractivity contribution in [2.24, 2.45) is 0 Å². The van der Waals surface area contributed by atoms with Gasteiger partial charge in [0.05, 0.1) is 0 Å². The summed E-state index contributed by atoms with van der Waals surface area (Å²) in [5, 5.41) is 4.26. The van der Waals surface area contributed by atoms with Crippen LogP contribution in [0.2, 0.25) is 5.02 Å². The van der Waals surface area contributed by atoms with E-state index in [1.54, 1.807) is 0 Å². The van der Waals surface area contributed by atoms with Gasteiger partial charge in [-0.2, -0.15) is 0 Å². The highest BCUT2D eigenvalue weighted by molar-refractivity contribution is 6.30. The Bertz CT molecular complexity index is 630. The van der Waals surface area contributed by atoms with Gasteiger partial charge in [0, 0.05) is 17.6 Å². The monoisotopic (exact) mass is 303 g/mol. The van der Waals surface area contributed by atoms with Crippen LogP contribution < -0.4 is 14.8 Å². The van der Waals surface area contributed by atoms with E-state index in [4.69, 9.17) is 21.1 Å². The van der Waals surface area contributed by atoms with Gasteiger partial charge < -0.3 is 14.8 Å². The molecule has 1 atom stereocenters. The average Bonchev–Trinajstić information content (AvgIpc) is 2.52. The lowest BCUT2D eigenvalue weighted by Crippen LogP contribution is -2.19. The van der Waals surface area contributed by atoms with Gasteiger partial charge in [0.1, 0.15) is 13.2 Å². The second-order valence-electron chi connectivity index (χ2n) is 5.14. The molecule has 1 aliphatic rings. The van der Waals surface area contributed by atoms with E-state index in [0.29, 0.717) is 13.2 Å². The van der Waals surface area contributed by atoms with E-state index in [1.807, 2.05) is 30.3 Å². The number of hydrogen-bond acceptors (Lipinski definition) is 3. The third-order valence-corrected chi connectivity index (χ3v) is 3.80. The Labute approximate surface area is 129 Å². The van der Waals surface area contributed by atoms with Gasteiger partial charge in [0.25, 0.3) is 0 Å². The first-order valence-corrected chi connectivity index (χ1v) is 7.47. The SMILES string of the molecule is C[C@H](NCc1ccc2c(c1)OCCO2)c1cccc(Cl)c1. The van der Waals surface area contributed by atoms with Gasteiger partial charge in [0.2, 0.25) is 0 Å². The molecular formula is C17H18ClNO2. The van der Waals surface area contributed by atoms with Gasteiger partial charge in [-0.1, -0.05) is 29.8 Å². The fourth-order valence-electron chi connectivity index (χ4n) is 2.36. The maximum atomic E-state index is 6.03. The third-order valence-electron chi connectivity index (χ3n) is 3.57. The van der Waals surface area contributed by atoms with Crippen LogP contribution in [0, 0.1) is 0 Å². The number of fused-ring (bicyclic) bond motifs is 1. The van der Waals surface area contributed by atoms with Crippen molar-refractivity contribution in [2.75, 3.05) is 13.2 Å². The Kier molecular flexibility index (Phi) is 4.32. The molecule has 21 heavy (non-hydrogen) atoms. The Morgan fingerprint density at radius 1 is 1.10 bits per heavy atom. The van der Waals surface area contributed by atoms with Crippen LogP contribution in [-0.2, 0) is 6.54 Å². The minimum Gasteiger partial charge on any atom is -0.486 e. The minimum absolute atomic E-state index is 0.233. The molecule has 2 aromatic rings. The molecule has 3 nitrogen and oxygen atoms in total. The van der Waals surface area contributed by atoms with Crippen LogP contribution in [0.1, 0.15) is 24.1 Å². The van der Waals surface area contributed by atoms with Crippen LogP contribution in [-0.4, -0.2) is 13.2 Å². The maximum absolute atomic E-state index is 6.03. The Hall–Kier alpha value is -1.71. The Morgan fingerprint density at radius 3 is 2.71 bits per heavy atom. The number of benzene rings is 2. The molecule has 1 N–H and O–H groups in total. The number of rotatable bonds is 4. The molecule has 0 radical (unpaired) electrons. The first-order chi connectivity index (χ1) is 10.2. The molecule has 0 amide bonds. The number of ether oxygens (including phenoxy) is 2. The van der Waals surface area contributed by atoms with Crippen LogP contribution in [0.5, 0.6) is 11.5 Å². The summed E-state index contributed by atoms with van der Waals surface area (Å²) in [4.78, 5) is 0. The van der Waals surface area contributed by atoms with E-state index in [2.05, 4.69) is 24.4 Å². The van der Waals surface area contributed by atoms with Crippen LogP contribution in [0.15, 0.2) is 42.5 Å². The van der Waals surface area contributed by atoms with Crippen LogP contribution >= 0.6 is 11.6 Å². The van der Waals surface area contributed by atoms with Crippen molar-refractivity contribution in [3.63, 3.8) is 0 Å². The number of hydrogen-bond donors (Lipinski definition) is 1. The van der Waals surface area contributed by atoms with E-state index >= 15 is 0 Å².